The largest absolute Gasteiger partial charge is 0.467 e. The molecule has 1 aliphatic heterocycles. The topological polar surface area (TPSA) is 133 Å². The van der Waals surface area contributed by atoms with E-state index >= 15 is 0 Å². The lowest BCUT2D eigenvalue weighted by atomic mass is 10.1. The maximum atomic E-state index is 13.3. The molecule has 1 unspecified atom stereocenters. The quantitative estimate of drug-likeness (QED) is 0.256. The Bertz CT molecular complexity index is 1580. The smallest absolute Gasteiger partial charge is 0.270 e. The van der Waals surface area contributed by atoms with Gasteiger partial charge in [0.25, 0.3) is 11.6 Å². The van der Waals surface area contributed by atoms with E-state index in [1.807, 2.05) is 30.3 Å². The Labute approximate surface area is 203 Å². The Balaban J connectivity index is 1.27. The second-order valence-electron chi connectivity index (χ2n) is 8.24. The molecule has 0 spiro atoms. The van der Waals surface area contributed by atoms with E-state index in [1.54, 1.807) is 30.5 Å². The van der Waals surface area contributed by atoms with E-state index in [2.05, 4.69) is 15.2 Å². The van der Waals surface area contributed by atoms with E-state index in [1.165, 1.54) is 28.2 Å². The van der Waals surface area contributed by atoms with Crippen LogP contribution in [-0.2, 0) is 11.3 Å². The number of nitro benzene ring substituents is 1. The molecular weight excluding hydrogens is 464 g/mol. The molecule has 5 aromatic rings. The fourth-order valence-corrected chi connectivity index (χ4v) is 4.19. The fourth-order valence-electron chi connectivity index (χ4n) is 4.19. The number of hydrogen-bond donors (Lipinski definition) is 0. The van der Waals surface area contributed by atoms with Gasteiger partial charge in [0.1, 0.15) is 36.0 Å². The highest BCUT2D eigenvalue weighted by Gasteiger charge is 2.36. The number of furan rings is 2. The highest BCUT2D eigenvalue weighted by atomic mass is 16.6. The van der Waals surface area contributed by atoms with Gasteiger partial charge in [0, 0.05) is 29.5 Å². The number of benzene rings is 2. The molecular formula is C25H18N6O5. The van der Waals surface area contributed by atoms with Crippen LogP contribution in [0.4, 0.5) is 5.69 Å². The number of nitrogens with zero attached hydrogens (tertiary/aromatic N) is 6. The van der Waals surface area contributed by atoms with Crippen molar-refractivity contribution in [1.82, 2.24) is 19.8 Å². The van der Waals surface area contributed by atoms with Gasteiger partial charge in [-0.05, 0) is 24.3 Å². The zero-order chi connectivity index (χ0) is 24.6. The van der Waals surface area contributed by atoms with Crippen LogP contribution in [0.1, 0.15) is 24.0 Å². The molecule has 6 rings (SSSR count). The lowest BCUT2D eigenvalue weighted by Gasteiger charge is -2.19. The minimum Gasteiger partial charge on any atom is -0.467 e. The second-order valence-corrected chi connectivity index (χ2v) is 8.24. The minimum atomic E-state index is -0.482. The van der Waals surface area contributed by atoms with Crippen molar-refractivity contribution in [3.05, 3.63) is 101 Å². The van der Waals surface area contributed by atoms with E-state index in [0.29, 0.717) is 29.2 Å². The van der Waals surface area contributed by atoms with Gasteiger partial charge in [-0.15, -0.1) is 0 Å². The van der Waals surface area contributed by atoms with Gasteiger partial charge < -0.3 is 8.83 Å². The van der Waals surface area contributed by atoms with Gasteiger partial charge in [-0.2, -0.15) is 10.2 Å². The van der Waals surface area contributed by atoms with Crippen molar-refractivity contribution in [2.75, 3.05) is 0 Å². The first-order valence-corrected chi connectivity index (χ1v) is 11.1. The molecule has 36 heavy (non-hydrogen) atoms. The summed E-state index contributed by atoms with van der Waals surface area (Å²) in [5.74, 6) is 1.16. The molecule has 11 nitrogen and oxygen atoms in total. The average Bonchev–Trinajstić information content (AvgIpc) is 3.69. The first kappa shape index (κ1) is 21.5. The van der Waals surface area contributed by atoms with E-state index in [9.17, 15) is 14.9 Å². The third-order valence-electron chi connectivity index (χ3n) is 5.90. The van der Waals surface area contributed by atoms with Crippen LogP contribution in [0.5, 0.6) is 0 Å². The summed E-state index contributed by atoms with van der Waals surface area (Å²) >= 11 is 0. The Morgan fingerprint density at radius 3 is 2.81 bits per heavy atom. The Kier molecular flexibility index (Phi) is 5.14. The number of hydrazone groups is 1. The van der Waals surface area contributed by atoms with Crippen LogP contribution in [0.25, 0.3) is 22.4 Å². The molecule has 0 aliphatic carbocycles. The first-order valence-electron chi connectivity index (χ1n) is 11.1. The van der Waals surface area contributed by atoms with Gasteiger partial charge in [0.05, 0.1) is 11.2 Å². The summed E-state index contributed by atoms with van der Waals surface area (Å²) in [6, 6.07) is 18.7. The molecule has 0 radical (unpaired) electrons. The summed E-state index contributed by atoms with van der Waals surface area (Å²) < 4.78 is 12.9. The third kappa shape index (κ3) is 3.92. The lowest BCUT2D eigenvalue weighted by molar-refractivity contribution is -0.384. The molecule has 0 fully saturated rings. The van der Waals surface area contributed by atoms with Gasteiger partial charge in [-0.1, -0.05) is 30.3 Å². The van der Waals surface area contributed by atoms with Gasteiger partial charge in [-0.25, -0.2) is 14.7 Å². The van der Waals surface area contributed by atoms with Crippen molar-refractivity contribution < 1.29 is 18.6 Å². The second kappa shape index (κ2) is 8.62. The molecule has 11 heteroatoms. The monoisotopic (exact) mass is 482 g/mol. The Morgan fingerprint density at radius 2 is 2.00 bits per heavy atom. The minimum absolute atomic E-state index is 0.0641. The van der Waals surface area contributed by atoms with Crippen molar-refractivity contribution in [2.45, 2.75) is 19.0 Å². The predicted molar refractivity (Wildman–Crippen MR) is 128 cm³/mol. The molecule has 1 aliphatic rings. The number of amides is 1. The maximum absolute atomic E-state index is 13.3. The number of carbonyl (C=O) groups excluding carboxylic acids is 1. The van der Waals surface area contributed by atoms with Crippen LogP contribution in [0.2, 0.25) is 0 Å². The molecule has 1 amide bonds. The average molecular weight is 482 g/mol. The summed E-state index contributed by atoms with van der Waals surface area (Å²) in [5.41, 5.74) is 1.80. The van der Waals surface area contributed by atoms with Crippen molar-refractivity contribution in [3.63, 3.8) is 0 Å². The summed E-state index contributed by atoms with van der Waals surface area (Å²) in [7, 11) is 0. The standard InChI is InChI=1S/C25H18N6O5/c32-24(14-29-15-26-25(28-29)17-6-3-7-18(11-17)31(33)34)30-20(22-9-4-10-35-22)13-19(27-30)23-12-16-5-1-2-8-21(16)36-23/h1-12,15,20H,13-14H2. The van der Waals surface area contributed by atoms with Crippen LogP contribution < -0.4 is 0 Å². The summed E-state index contributed by atoms with van der Waals surface area (Å²) in [6.45, 7) is -0.129. The van der Waals surface area contributed by atoms with E-state index in [4.69, 9.17) is 8.83 Å². The summed E-state index contributed by atoms with van der Waals surface area (Å²) in [4.78, 5) is 28.1. The van der Waals surface area contributed by atoms with Gasteiger partial charge >= 0.3 is 0 Å². The zero-order valence-corrected chi connectivity index (χ0v) is 18.7. The Hall–Kier alpha value is -5.06. The van der Waals surface area contributed by atoms with Gasteiger partial charge in [-0.3, -0.25) is 14.9 Å². The van der Waals surface area contributed by atoms with E-state index in [0.717, 1.165) is 11.0 Å². The molecule has 0 bridgehead atoms. The SMILES string of the molecule is O=C(Cn1cnc(-c2cccc([N+](=O)[O-])c2)n1)N1N=C(c2cc3ccccc3o2)CC1c1ccco1. The highest BCUT2D eigenvalue weighted by molar-refractivity contribution is 6.03. The Morgan fingerprint density at radius 1 is 1.11 bits per heavy atom. The molecule has 0 saturated heterocycles. The molecule has 0 saturated carbocycles. The van der Waals surface area contributed by atoms with Crippen LogP contribution in [0.3, 0.4) is 0 Å². The maximum Gasteiger partial charge on any atom is 0.270 e. The fraction of sp³-hybridized carbons (Fsp3) is 0.120. The van der Waals surface area contributed by atoms with Crippen LogP contribution >= 0.6 is 0 Å². The molecule has 4 heterocycles. The van der Waals surface area contributed by atoms with Crippen LogP contribution in [-0.4, -0.2) is 36.3 Å². The number of nitro groups is 1. The number of aromatic nitrogens is 3. The van der Waals surface area contributed by atoms with E-state index < -0.39 is 11.0 Å². The van der Waals surface area contributed by atoms with Crippen molar-refractivity contribution in [2.24, 2.45) is 5.10 Å². The number of hydrogen-bond acceptors (Lipinski definition) is 8. The van der Waals surface area contributed by atoms with Crippen LogP contribution in [0, 0.1) is 10.1 Å². The summed E-state index contributed by atoms with van der Waals surface area (Å²) in [5, 5.41) is 22.3. The molecule has 1 atom stereocenters. The number of para-hydroxylation sites is 1. The van der Waals surface area contributed by atoms with E-state index in [-0.39, 0.29) is 24.0 Å². The number of rotatable bonds is 6. The molecule has 0 N–H and O–H groups in total. The van der Waals surface area contributed by atoms with Crippen molar-refractivity contribution >= 4 is 28.3 Å². The zero-order valence-electron chi connectivity index (χ0n) is 18.7. The first-order chi connectivity index (χ1) is 17.5. The molecule has 2 aromatic carbocycles. The number of non-ortho nitro benzene ring substituents is 1. The van der Waals surface area contributed by atoms with Crippen molar-refractivity contribution in [1.29, 1.82) is 0 Å². The number of carbonyl (C=O) groups is 1. The normalized spacial score (nSPS) is 15.4. The highest BCUT2D eigenvalue weighted by Crippen LogP contribution is 2.34. The van der Waals surface area contributed by atoms with Gasteiger partial charge in [0.15, 0.2) is 11.6 Å². The predicted octanol–water partition coefficient (Wildman–Crippen LogP) is 4.57. The third-order valence-corrected chi connectivity index (χ3v) is 5.90. The van der Waals surface area contributed by atoms with Crippen molar-refractivity contribution in [3.8, 4) is 11.4 Å². The molecule has 178 valence electrons. The summed E-state index contributed by atoms with van der Waals surface area (Å²) in [6.07, 6.45) is 3.39. The number of fused-ring (bicyclic) bond motifs is 1. The van der Waals surface area contributed by atoms with Crippen LogP contribution in [0.15, 0.2) is 93.3 Å². The molecule has 3 aromatic heterocycles. The van der Waals surface area contributed by atoms with Gasteiger partial charge in [0.2, 0.25) is 0 Å². The lowest BCUT2D eigenvalue weighted by Crippen LogP contribution is -2.30.